The van der Waals surface area contributed by atoms with Crippen LogP contribution in [0.2, 0.25) is 5.02 Å². The summed E-state index contributed by atoms with van der Waals surface area (Å²) < 4.78 is 142. The Kier molecular flexibility index (Phi) is 4.84. The Hall–Kier alpha value is -1.31. The Morgan fingerprint density at radius 3 is 1.62 bits per heavy atom. The number of nitrogens with one attached hydrogen (secondary N) is 1. The Bertz CT molecular complexity index is 608. The Morgan fingerprint density at radius 1 is 0.875 bits per heavy atom. The van der Waals surface area contributed by atoms with E-state index in [2.05, 4.69) is 9.84 Å². The first-order chi connectivity index (χ1) is 10.4. The van der Waals surface area contributed by atoms with Gasteiger partial charge in [-0.2, -0.15) is 53.4 Å². The predicted octanol–water partition coefficient (Wildman–Crippen LogP) is 4.86. The van der Waals surface area contributed by atoms with E-state index in [0.717, 1.165) is 6.92 Å². The van der Waals surface area contributed by atoms with Crippen LogP contribution in [0.25, 0.3) is 0 Å². The van der Waals surface area contributed by atoms with Crippen LogP contribution in [0, 0.1) is 6.92 Å². The third-order valence-corrected chi connectivity index (χ3v) is 2.99. The van der Waals surface area contributed by atoms with E-state index in [0.29, 0.717) is 0 Å². The molecule has 0 aliphatic rings. The van der Waals surface area contributed by atoms with Gasteiger partial charge in [0.2, 0.25) is 0 Å². The standard InChI is InChI=1S/C9H4ClF11N2O/c1-2-3(10)4(23-22-2)5(11,7(14,15)16)24-9(20,21)6(12,13)8(17,18)19/h1H3,(H,22,23)/t5-/m0/s1. The molecule has 3 nitrogen and oxygen atoms in total. The second kappa shape index (κ2) is 5.61. The van der Waals surface area contributed by atoms with E-state index in [1.54, 1.807) is 5.10 Å². The third kappa shape index (κ3) is 3.12. The minimum atomic E-state index is -7.14. The zero-order valence-corrected chi connectivity index (χ0v) is 11.6. The van der Waals surface area contributed by atoms with Crippen LogP contribution in [-0.4, -0.2) is 34.6 Å². The van der Waals surface area contributed by atoms with Crippen LogP contribution in [0.3, 0.4) is 0 Å². The number of nitrogens with zero attached hydrogens (tertiary/aromatic N) is 1. The molecule has 0 bridgehead atoms. The second-order valence-electron chi connectivity index (χ2n) is 4.30. The molecular weight excluding hydrogens is 397 g/mol. The normalized spacial score (nSPS) is 17.0. The van der Waals surface area contributed by atoms with Gasteiger partial charge in [0.25, 0.3) is 0 Å². The van der Waals surface area contributed by atoms with Gasteiger partial charge in [0.15, 0.2) is 5.69 Å². The molecule has 24 heavy (non-hydrogen) atoms. The summed E-state index contributed by atoms with van der Waals surface area (Å²) in [7, 11) is 0. The van der Waals surface area contributed by atoms with E-state index in [1.165, 1.54) is 0 Å². The number of H-pyrrole nitrogens is 1. The molecular formula is C9H4ClF11N2O. The highest BCUT2D eigenvalue weighted by molar-refractivity contribution is 6.31. The number of aromatic amines is 1. The van der Waals surface area contributed by atoms with Crippen LogP contribution in [0.1, 0.15) is 11.4 Å². The fourth-order valence-corrected chi connectivity index (χ4v) is 1.48. The van der Waals surface area contributed by atoms with Crippen molar-refractivity contribution in [2.45, 2.75) is 37.2 Å². The van der Waals surface area contributed by atoms with Crippen LogP contribution >= 0.6 is 11.6 Å². The number of aromatic nitrogens is 2. The molecule has 0 amide bonds. The Labute approximate surface area is 129 Å². The summed E-state index contributed by atoms with van der Waals surface area (Å²) in [4.78, 5) is 0. The first kappa shape index (κ1) is 20.7. The first-order valence-corrected chi connectivity index (χ1v) is 5.75. The summed E-state index contributed by atoms with van der Waals surface area (Å²) in [6.45, 7) is 0.887. The van der Waals surface area contributed by atoms with Crippen molar-refractivity contribution in [1.82, 2.24) is 10.2 Å². The van der Waals surface area contributed by atoms with Gasteiger partial charge in [-0.05, 0) is 6.92 Å². The molecule has 0 unspecified atom stereocenters. The number of ether oxygens (including phenoxy) is 1. The number of aryl methyl sites for hydroxylation is 1. The van der Waals surface area contributed by atoms with Crippen molar-refractivity contribution in [3.63, 3.8) is 0 Å². The average molecular weight is 401 g/mol. The molecule has 1 aromatic heterocycles. The predicted molar refractivity (Wildman–Crippen MR) is 54.2 cm³/mol. The lowest BCUT2D eigenvalue weighted by molar-refractivity contribution is -0.488. The van der Waals surface area contributed by atoms with Crippen molar-refractivity contribution < 1.29 is 53.0 Å². The summed E-state index contributed by atoms with van der Waals surface area (Å²) in [5, 5.41) is 2.87. The maximum atomic E-state index is 14.0. The number of rotatable bonds is 4. The summed E-state index contributed by atoms with van der Waals surface area (Å²) in [6.07, 6.45) is -20.5. The molecule has 0 aliphatic carbocycles. The molecule has 0 saturated carbocycles. The van der Waals surface area contributed by atoms with Gasteiger partial charge in [-0.15, -0.1) is 0 Å². The highest BCUT2D eigenvalue weighted by atomic mass is 35.5. The lowest BCUT2D eigenvalue weighted by Gasteiger charge is -2.34. The van der Waals surface area contributed by atoms with Crippen molar-refractivity contribution in [3.8, 4) is 0 Å². The van der Waals surface area contributed by atoms with Crippen LogP contribution < -0.4 is 0 Å². The topological polar surface area (TPSA) is 37.9 Å². The molecule has 15 heteroatoms. The van der Waals surface area contributed by atoms with E-state index in [1.807, 2.05) is 0 Å². The quantitative estimate of drug-likeness (QED) is 0.733. The number of hydrogen-bond donors (Lipinski definition) is 1. The second-order valence-corrected chi connectivity index (χ2v) is 4.67. The molecule has 0 fully saturated rings. The molecule has 140 valence electrons. The summed E-state index contributed by atoms with van der Waals surface area (Å²) in [5.41, 5.74) is -2.71. The van der Waals surface area contributed by atoms with Gasteiger partial charge in [0, 0.05) is 0 Å². The van der Waals surface area contributed by atoms with Gasteiger partial charge < -0.3 is 0 Å². The highest BCUT2D eigenvalue weighted by Gasteiger charge is 2.79. The molecule has 1 rings (SSSR count). The van der Waals surface area contributed by atoms with Gasteiger partial charge in [0.05, 0.1) is 10.7 Å². The molecule has 1 N–H and O–H groups in total. The zero-order valence-electron chi connectivity index (χ0n) is 10.9. The lowest BCUT2D eigenvalue weighted by Crippen LogP contribution is -2.58. The Balaban J connectivity index is 3.48. The highest BCUT2D eigenvalue weighted by Crippen LogP contribution is 2.54. The van der Waals surface area contributed by atoms with Gasteiger partial charge >= 0.3 is 30.2 Å². The molecule has 0 radical (unpaired) electrons. The molecule has 0 aromatic carbocycles. The largest absolute Gasteiger partial charge is 0.462 e. The van der Waals surface area contributed by atoms with Gasteiger partial charge in [-0.1, -0.05) is 11.6 Å². The van der Waals surface area contributed by atoms with Crippen molar-refractivity contribution in [3.05, 3.63) is 16.4 Å². The zero-order chi connectivity index (χ0) is 19.4. The molecule has 0 spiro atoms. The number of hydrogen-bond acceptors (Lipinski definition) is 2. The molecule has 1 atom stereocenters. The van der Waals surface area contributed by atoms with Crippen LogP contribution in [0.4, 0.5) is 48.3 Å². The van der Waals surface area contributed by atoms with Gasteiger partial charge in [0.1, 0.15) is 0 Å². The summed E-state index contributed by atoms with van der Waals surface area (Å²) in [6, 6.07) is 0. The molecule has 1 aromatic rings. The van der Waals surface area contributed by atoms with Crippen molar-refractivity contribution >= 4 is 11.6 Å². The van der Waals surface area contributed by atoms with Crippen LogP contribution in [0.5, 0.6) is 0 Å². The van der Waals surface area contributed by atoms with Crippen LogP contribution in [-0.2, 0) is 10.6 Å². The molecule has 0 saturated heterocycles. The maximum Gasteiger partial charge on any atom is 0.462 e. The van der Waals surface area contributed by atoms with Crippen molar-refractivity contribution in [2.24, 2.45) is 0 Å². The SMILES string of the molecule is Cc1[nH]nc([C@](F)(OC(F)(F)C(F)(F)C(F)(F)F)C(F)(F)F)c1Cl. The minimum absolute atomic E-state index is 0.521. The Morgan fingerprint density at radius 2 is 1.33 bits per heavy atom. The summed E-state index contributed by atoms with van der Waals surface area (Å²) >= 11 is 5.16. The third-order valence-electron chi connectivity index (χ3n) is 2.53. The minimum Gasteiger partial charge on any atom is -0.281 e. The fourth-order valence-electron chi connectivity index (χ4n) is 1.27. The van der Waals surface area contributed by atoms with E-state index < -0.39 is 46.6 Å². The van der Waals surface area contributed by atoms with E-state index >= 15 is 0 Å². The molecule has 1 heterocycles. The van der Waals surface area contributed by atoms with E-state index in [4.69, 9.17) is 11.6 Å². The van der Waals surface area contributed by atoms with Crippen molar-refractivity contribution in [1.29, 1.82) is 0 Å². The van der Waals surface area contributed by atoms with Crippen LogP contribution in [0.15, 0.2) is 0 Å². The monoisotopic (exact) mass is 400 g/mol. The smallest absolute Gasteiger partial charge is 0.281 e. The van der Waals surface area contributed by atoms with E-state index in [-0.39, 0.29) is 0 Å². The molecule has 0 aliphatic heterocycles. The lowest BCUT2D eigenvalue weighted by atomic mass is 10.2. The average Bonchev–Trinajstić information content (AvgIpc) is 2.66. The first-order valence-electron chi connectivity index (χ1n) is 5.37. The van der Waals surface area contributed by atoms with Crippen molar-refractivity contribution in [2.75, 3.05) is 0 Å². The van der Waals surface area contributed by atoms with E-state index in [9.17, 15) is 48.3 Å². The van der Waals surface area contributed by atoms with Gasteiger partial charge in [-0.3, -0.25) is 9.84 Å². The summed E-state index contributed by atoms with van der Waals surface area (Å²) in [5.74, 6) is -13.0. The number of alkyl halides is 11. The number of halogens is 12. The van der Waals surface area contributed by atoms with Gasteiger partial charge in [-0.25, -0.2) is 0 Å². The fraction of sp³-hybridized carbons (Fsp3) is 0.667. The maximum absolute atomic E-state index is 14.0.